The van der Waals surface area contributed by atoms with E-state index in [1.165, 1.54) is 127 Å². The van der Waals surface area contributed by atoms with E-state index in [0.29, 0.717) is 70.1 Å². The van der Waals surface area contributed by atoms with E-state index >= 15 is 0 Å². The van der Waals surface area contributed by atoms with Crippen molar-refractivity contribution in [2.24, 2.45) is 47.3 Å². The third kappa shape index (κ3) is 13.6. The number of rotatable bonds is 9. The Hall–Kier alpha value is -5.90. The minimum absolute atomic E-state index is 0.112. The predicted molar refractivity (Wildman–Crippen MR) is 418 cm³/mol. The quantitative estimate of drug-likeness (QED) is 0.0522. The van der Waals surface area contributed by atoms with Crippen molar-refractivity contribution in [1.29, 1.82) is 0 Å². The summed E-state index contributed by atoms with van der Waals surface area (Å²) < 4.78 is 109. The standard InChI is InChI=1S/C20H26N2O4S.C20H26N2O.C19H24N2O4S.C19H24N2O.C2H6.CH3ClO3S/c1-3-13-8-12-9-17-19(13)21(11-12)7-6-15-16-10-14(26-2)4-5-18(16)22(20(15)17)27(23,24)25;1-3-13-8-12-9-17-19-15(6-7-22(11-12)20(13)17)16-10-14(23-2)4-5-18(16)21-19;1-2-12-7-11-8-16-18(12)20(10-11)6-5-14-15-9-13(22)3-4-17(15)21(19(14)16)26(23,24)25;1-2-12-7-11-8-16-18-14(5-6-21(10-11)19(12)16)15-9-13(22)3-4-17(15)20-18;1-2;2-1-6(3,4)5/h4-5,10,12-13,17,19H,3,6-9,11H2,1-2H3,(H,23,24,25);4-5,10,12-13,17,20-21H,3,6-9,11H2,1-2H3;3-4,9,11-12,16,18,22H,2,5-8,10H2,1H3,(H,23,24,25);3-4,9,11-12,16,19-20,22H,2,5-8,10H2,1H3;1-2H3;1H2,(H,3,4,5)/t12-,13-,17+,19?;12-,13-,17-,20?;11-,12-,16+,18?;11-,12-,16-,19?;;/m0000../s1. The van der Waals surface area contributed by atoms with Crippen LogP contribution in [0, 0.1) is 47.3 Å². The molecule has 25 heteroatoms. The molecule has 0 amide bonds. The summed E-state index contributed by atoms with van der Waals surface area (Å²) in [5.74, 6) is 9.72. The molecule has 576 valence electrons. The van der Waals surface area contributed by atoms with Crippen LogP contribution in [0.2, 0.25) is 0 Å². The lowest BCUT2D eigenvalue weighted by atomic mass is 9.65. The van der Waals surface area contributed by atoms with Crippen molar-refractivity contribution in [3.8, 4) is 23.0 Å². The zero-order valence-electron chi connectivity index (χ0n) is 62.6. The Labute approximate surface area is 630 Å². The number of aromatic hydroxyl groups is 2. The number of phenolic OH excluding ortho intramolecular Hbond substituents is 2. The second-order valence-electron chi connectivity index (χ2n) is 32.6. The van der Waals surface area contributed by atoms with E-state index in [1.807, 2.05) is 32.0 Å². The summed E-state index contributed by atoms with van der Waals surface area (Å²) in [5, 5.41) is 23.4. The Kier molecular flexibility index (Phi) is 21.2. The summed E-state index contributed by atoms with van der Waals surface area (Å²) in [6.07, 6.45) is 18.8. The first-order valence-corrected chi connectivity index (χ1v) is 44.3. The highest BCUT2D eigenvalue weighted by Crippen LogP contribution is 2.57. The molecule has 8 aromatic rings. The maximum absolute atomic E-state index is 12.4. The molecule has 7 N–H and O–H groups in total. The van der Waals surface area contributed by atoms with Crippen LogP contribution in [0.25, 0.3) is 43.6 Å². The van der Waals surface area contributed by atoms with Crippen molar-refractivity contribution >= 4 is 85.9 Å². The van der Waals surface area contributed by atoms with Crippen LogP contribution in [-0.2, 0) is 56.4 Å². The molecule has 20 atom stereocenters. The van der Waals surface area contributed by atoms with Gasteiger partial charge in [-0.25, -0.2) is 7.94 Å². The zero-order chi connectivity index (χ0) is 74.7. The van der Waals surface area contributed by atoms with Gasteiger partial charge in [0.05, 0.1) is 25.3 Å². The number of benzene rings is 4. The Morgan fingerprint density at radius 3 is 1.12 bits per heavy atom. The first-order valence-electron chi connectivity index (χ1n) is 39.4. The third-order valence-electron chi connectivity index (χ3n) is 27.3. The minimum atomic E-state index is -4.42. The summed E-state index contributed by atoms with van der Waals surface area (Å²) in [4.78, 5) is 18.3. The number of hydrogen-bond donors (Lipinski definition) is 7. The normalized spacial score (nSPS) is 32.3. The largest absolute Gasteiger partial charge is 0.508 e. The number of piperidine rings is 8. The first-order chi connectivity index (χ1) is 50.9. The Morgan fingerprint density at radius 1 is 0.434 bits per heavy atom. The highest BCUT2D eigenvalue weighted by atomic mass is 35.5. The number of nitrogens with zero attached hydrogens (tertiary/aromatic N) is 6. The zero-order valence-corrected chi connectivity index (χ0v) is 65.8. The number of aromatic nitrogens is 4. The summed E-state index contributed by atoms with van der Waals surface area (Å²) in [6, 6.07) is 24.6. The molecule has 16 bridgehead atoms. The lowest BCUT2D eigenvalue weighted by Crippen LogP contribution is -2.56. The second kappa shape index (κ2) is 29.7. The molecule has 4 aromatic heterocycles. The highest BCUT2D eigenvalue weighted by molar-refractivity contribution is 7.87. The van der Waals surface area contributed by atoms with Crippen molar-refractivity contribution in [2.45, 2.75) is 192 Å². The monoisotopic (exact) mass is 1530 g/mol. The second-order valence-corrected chi connectivity index (χ2v) is 37.1. The van der Waals surface area contributed by atoms with Crippen LogP contribution in [-0.4, -0.2) is 183 Å². The molecule has 4 saturated carbocycles. The number of fused-ring (bicyclic) bond motifs is 16. The van der Waals surface area contributed by atoms with Gasteiger partial charge in [0.15, 0.2) is 0 Å². The van der Waals surface area contributed by atoms with Gasteiger partial charge in [0, 0.05) is 156 Å². The molecule has 16 heterocycles. The molecular formula is C81H109ClN8O13S3. The van der Waals surface area contributed by atoms with Crippen LogP contribution in [0.3, 0.4) is 0 Å². The summed E-state index contributed by atoms with van der Waals surface area (Å²) in [7, 11) is -9.32. The number of methoxy groups -OCH3 is 2. The van der Waals surface area contributed by atoms with Crippen LogP contribution < -0.4 is 9.47 Å². The molecule has 4 aliphatic carbocycles. The van der Waals surface area contributed by atoms with Gasteiger partial charge in [0.2, 0.25) is 0 Å². The van der Waals surface area contributed by atoms with Gasteiger partial charge in [-0.05, 0) is 219 Å². The molecule has 16 aliphatic rings. The predicted octanol–water partition coefficient (Wildman–Crippen LogP) is 14.5. The van der Waals surface area contributed by atoms with Crippen LogP contribution in [0.4, 0.5) is 0 Å². The number of aromatic amines is 2. The summed E-state index contributed by atoms with van der Waals surface area (Å²) in [5.41, 5.74) is 13.2. The van der Waals surface area contributed by atoms with E-state index in [-0.39, 0.29) is 17.6 Å². The van der Waals surface area contributed by atoms with Crippen LogP contribution in [0.5, 0.6) is 23.0 Å². The van der Waals surface area contributed by atoms with E-state index < -0.39 is 35.9 Å². The molecule has 106 heavy (non-hydrogen) atoms. The molecule has 0 radical (unpaired) electrons. The molecule has 8 unspecified atom stereocenters. The fourth-order valence-corrected chi connectivity index (χ4v) is 25.5. The van der Waals surface area contributed by atoms with Gasteiger partial charge in [-0.1, -0.05) is 67.2 Å². The Bertz CT molecular complexity index is 4960. The van der Waals surface area contributed by atoms with Gasteiger partial charge in [0.1, 0.15) is 28.2 Å². The lowest BCUT2D eigenvalue weighted by molar-refractivity contribution is -0.0137. The average molecular weight is 1530 g/mol. The van der Waals surface area contributed by atoms with Gasteiger partial charge < -0.3 is 29.7 Å². The molecule has 12 aliphatic heterocycles. The topological polar surface area (TPSA) is 276 Å². The van der Waals surface area contributed by atoms with E-state index in [9.17, 15) is 44.6 Å². The number of alkyl halides is 1. The smallest absolute Gasteiger partial charge is 0.364 e. The fourth-order valence-electron chi connectivity index (χ4n) is 23.7. The molecule has 0 spiro atoms. The average Bonchev–Trinajstić information content (AvgIpc) is 1.57. The molecular weight excluding hydrogens is 1420 g/mol. The number of halogens is 1. The van der Waals surface area contributed by atoms with E-state index in [2.05, 4.69) is 87.1 Å². The van der Waals surface area contributed by atoms with Crippen molar-refractivity contribution in [1.82, 2.24) is 37.5 Å². The van der Waals surface area contributed by atoms with Crippen LogP contribution in [0.1, 0.15) is 187 Å². The molecule has 4 aromatic carbocycles. The number of hydrogen-bond acceptors (Lipinski definition) is 14. The maximum Gasteiger partial charge on any atom is 0.364 e. The van der Waals surface area contributed by atoms with Gasteiger partial charge in [0.25, 0.3) is 10.1 Å². The van der Waals surface area contributed by atoms with Crippen molar-refractivity contribution in [3.05, 3.63) is 118 Å². The van der Waals surface area contributed by atoms with Crippen molar-refractivity contribution < 1.29 is 58.6 Å². The molecule has 24 rings (SSSR count). The number of nitrogens with one attached hydrogen (secondary N) is 2. The highest BCUT2D eigenvalue weighted by Gasteiger charge is 2.54. The minimum Gasteiger partial charge on any atom is -0.508 e. The van der Waals surface area contributed by atoms with Crippen LogP contribution in [0.15, 0.2) is 72.8 Å². The SMILES string of the molecule is CC.CC[C@H]1C[C@H]2C[C@H]3c4[nH]c5ccc(O)cc5c4CCN(C2)C13.CC[C@H]1C[C@H]2C[C@H]3c4[nH]c5ccc(OC)cc5c4CCN(C2)C13.CC[C@H]1C[C@H]2C[C@H]3c4c(c5cc(O)ccc5n4S(=O)(=O)O)CCN(C2)C13.CC[C@H]1C[C@H]2C[C@H]3c4c(c5cc(OC)ccc5n4S(=O)(=O)O)CCN(C2)C13.O=S(=O)(O)CCl. The van der Waals surface area contributed by atoms with E-state index in [1.54, 1.807) is 55.8 Å². The van der Waals surface area contributed by atoms with Gasteiger partial charge in [-0.2, -0.15) is 25.3 Å². The van der Waals surface area contributed by atoms with Crippen molar-refractivity contribution in [3.63, 3.8) is 0 Å². The van der Waals surface area contributed by atoms with Crippen molar-refractivity contribution in [2.75, 3.05) is 71.8 Å². The maximum atomic E-state index is 12.4. The fraction of sp³-hybridized carbons (Fsp3) is 0.605. The van der Waals surface area contributed by atoms with Gasteiger partial charge in [-0.3, -0.25) is 33.3 Å². The first kappa shape index (κ1) is 75.5. The Morgan fingerprint density at radius 2 is 0.745 bits per heavy atom. The van der Waals surface area contributed by atoms with Crippen LogP contribution >= 0.6 is 11.6 Å². The summed E-state index contributed by atoms with van der Waals surface area (Å²) >= 11 is 4.64. The van der Waals surface area contributed by atoms with E-state index in [0.717, 1.165) is 150 Å². The lowest BCUT2D eigenvalue weighted by Gasteiger charge is -2.53. The number of phenols is 2. The van der Waals surface area contributed by atoms with Gasteiger partial charge in [-0.15, -0.1) is 11.6 Å². The molecule has 8 saturated heterocycles. The molecule has 12 fully saturated rings. The van der Waals surface area contributed by atoms with E-state index in [4.69, 9.17) is 14.0 Å². The van der Waals surface area contributed by atoms with Gasteiger partial charge >= 0.3 is 20.6 Å². The molecule has 21 nitrogen and oxygen atoms in total. The number of ether oxygens (including phenoxy) is 2. The third-order valence-corrected chi connectivity index (χ3v) is 30.1. The number of H-pyrrole nitrogens is 2. The Balaban J connectivity index is 0.000000110. The summed E-state index contributed by atoms with van der Waals surface area (Å²) in [6.45, 7) is 22.3.